The number of benzene rings is 1. The van der Waals surface area contributed by atoms with E-state index in [1.165, 1.54) is 17.4 Å². The van der Waals surface area contributed by atoms with Crippen LogP contribution < -0.4 is 16.0 Å². The maximum absolute atomic E-state index is 13.1. The Hall–Kier alpha value is -2.67. The Labute approximate surface area is 163 Å². The zero-order valence-electron chi connectivity index (χ0n) is 16.5. The number of hydrogen-bond acceptors (Lipinski definition) is 5. The van der Waals surface area contributed by atoms with Crippen LogP contribution in [-0.2, 0) is 13.1 Å². The van der Waals surface area contributed by atoms with Crippen molar-refractivity contribution in [2.75, 3.05) is 26.7 Å². The van der Waals surface area contributed by atoms with Gasteiger partial charge in [-0.05, 0) is 51.9 Å². The maximum atomic E-state index is 13.1. The van der Waals surface area contributed by atoms with Crippen LogP contribution >= 0.6 is 0 Å². The molecule has 1 aliphatic rings. The number of aryl methyl sites for hydroxylation is 1. The Morgan fingerprint density at radius 1 is 1.07 bits per heavy atom. The SMILES string of the molecule is CCn1c(=O)c2cnc3c(OC)cccc3c2n(CCCN2CCCC2)c1=O. The molecular weight excluding hydrogens is 356 g/mol. The quantitative estimate of drug-likeness (QED) is 0.612. The second kappa shape index (κ2) is 7.75. The number of fused-ring (bicyclic) bond motifs is 3. The van der Waals surface area contributed by atoms with Crippen LogP contribution in [0.25, 0.3) is 21.8 Å². The van der Waals surface area contributed by atoms with Crippen molar-refractivity contribution in [2.45, 2.75) is 39.3 Å². The number of likely N-dealkylation sites (tertiary alicyclic amines) is 1. The lowest BCUT2D eigenvalue weighted by molar-refractivity contribution is 0.324. The van der Waals surface area contributed by atoms with Crippen molar-refractivity contribution >= 4 is 21.8 Å². The van der Waals surface area contributed by atoms with Gasteiger partial charge in [-0.3, -0.25) is 18.9 Å². The molecule has 0 unspecified atom stereocenters. The number of rotatable bonds is 6. The Bertz CT molecular complexity index is 1130. The van der Waals surface area contributed by atoms with E-state index in [1.54, 1.807) is 17.9 Å². The summed E-state index contributed by atoms with van der Waals surface area (Å²) in [5.41, 5.74) is 0.788. The van der Waals surface area contributed by atoms with E-state index in [1.807, 2.05) is 25.1 Å². The van der Waals surface area contributed by atoms with Gasteiger partial charge in [-0.25, -0.2) is 4.79 Å². The standard InChI is InChI=1S/C21H26N4O3/c1-3-24-20(26)16-14-22-18-15(8-6-9-17(18)28-2)19(16)25(21(24)27)13-7-12-23-10-4-5-11-23/h6,8-9,14H,3-5,7,10-13H2,1-2H3. The number of para-hydroxylation sites is 1. The Balaban J connectivity index is 1.90. The third-order valence-corrected chi connectivity index (χ3v) is 5.63. The van der Waals surface area contributed by atoms with Gasteiger partial charge in [0.05, 0.1) is 18.0 Å². The lowest BCUT2D eigenvalue weighted by Crippen LogP contribution is -2.40. The molecule has 28 heavy (non-hydrogen) atoms. The third-order valence-electron chi connectivity index (χ3n) is 5.63. The van der Waals surface area contributed by atoms with E-state index in [9.17, 15) is 9.59 Å². The molecule has 3 aromatic rings. The summed E-state index contributed by atoms with van der Waals surface area (Å²) in [6.07, 6.45) is 4.94. The van der Waals surface area contributed by atoms with E-state index in [0.717, 1.165) is 31.4 Å². The van der Waals surface area contributed by atoms with E-state index in [4.69, 9.17) is 4.74 Å². The van der Waals surface area contributed by atoms with Crippen LogP contribution in [0.4, 0.5) is 0 Å². The van der Waals surface area contributed by atoms with Gasteiger partial charge in [-0.2, -0.15) is 0 Å². The fourth-order valence-corrected chi connectivity index (χ4v) is 4.21. The van der Waals surface area contributed by atoms with Gasteiger partial charge >= 0.3 is 5.69 Å². The summed E-state index contributed by atoms with van der Waals surface area (Å²) in [4.78, 5) is 32.9. The highest BCUT2D eigenvalue weighted by atomic mass is 16.5. The molecule has 1 aliphatic heterocycles. The largest absolute Gasteiger partial charge is 0.494 e. The first-order valence-electron chi connectivity index (χ1n) is 9.97. The first kappa shape index (κ1) is 18.7. The number of pyridine rings is 1. The van der Waals surface area contributed by atoms with Crippen LogP contribution in [-0.4, -0.2) is 45.8 Å². The van der Waals surface area contributed by atoms with Gasteiger partial charge in [0.2, 0.25) is 0 Å². The average Bonchev–Trinajstić information content (AvgIpc) is 3.23. The lowest BCUT2D eigenvalue weighted by Gasteiger charge is -2.18. The molecule has 7 nitrogen and oxygen atoms in total. The Morgan fingerprint density at radius 3 is 2.57 bits per heavy atom. The molecule has 3 heterocycles. The molecule has 1 saturated heterocycles. The lowest BCUT2D eigenvalue weighted by atomic mass is 10.1. The second-order valence-electron chi connectivity index (χ2n) is 7.26. The average molecular weight is 382 g/mol. The molecule has 4 rings (SSSR count). The number of hydrogen-bond donors (Lipinski definition) is 0. The molecule has 2 aromatic heterocycles. The highest BCUT2D eigenvalue weighted by molar-refractivity contribution is 6.04. The van der Waals surface area contributed by atoms with Crippen LogP contribution in [0.3, 0.4) is 0 Å². The predicted octanol–water partition coefficient (Wildman–Crippen LogP) is 2.23. The van der Waals surface area contributed by atoms with Crippen molar-refractivity contribution < 1.29 is 4.74 Å². The summed E-state index contributed by atoms with van der Waals surface area (Å²) in [6, 6.07) is 5.61. The molecule has 0 amide bonds. The Morgan fingerprint density at radius 2 is 1.86 bits per heavy atom. The van der Waals surface area contributed by atoms with Crippen molar-refractivity contribution in [3.8, 4) is 5.75 Å². The molecule has 0 N–H and O–H groups in total. The smallest absolute Gasteiger partial charge is 0.331 e. The van der Waals surface area contributed by atoms with Crippen molar-refractivity contribution in [2.24, 2.45) is 0 Å². The monoisotopic (exact) mass is 382 g/mol. The normalized spacial score (nSPS) is 14.9. The fraction of sp³-hybridized carbons (Fsp3) is 0.476. The highest BCUT2D eigenvalue weighted by Gasteiger charge is 2.17. The summed E-state index contributed by atoms with van der Waals surface area (Å²) >= 11 is 0. The summed E-state index contributed by atoms with van der Waals surface area (Å²) in [7, 11) is 1.60. The van der Waals surface area contributed by atoms with Crippen LogP contribution in [0.2, 0.25) is 0 Å². The zero-order valence-corrected chi connectivity index (χ0v) is 16.5. The summed E-state index contributed by atoms with van der Waals surface area (Å²) in [6.45, 7) is 5.97. The molecule has 148 valence electrons. The van der Waals surface area contributed by atoms with Crippen LogP contribution in [0, 0.1) is 0 Å². The minimum absolute atomic E-state index is 0.253. The number of nitrogens with zero attached hydrogens (tertiary/aromatic N) is 4. The van der Waals surface area contributed by atoms with Crippen molar-refractivity contribution in [3.63, 3.8) is 0 Å². The fourth-order valence-electron chi connectivity index (χ4n) is 4.21. The van der Waals surface area contributed by atoms with E-state index in [0.29, 0.717) is 35.3 Å². The molecule has 1 aromatic carbocycles. The topological polar surface area (TPSA) is 69.4 Å². The van der Waals surface area contributed by atoms with Crippen molar-refractivity contribution in [1.82, 2.24) is 19.0 Å². The molecule has 0 bridgehead atoms. The number of aromatic nitrogens is 3. The molecular formula is C21H26N4O3. The van der Waals surface area contributed by atoms with Gasteiger partial charge in [0.1, 0.15) is 11.3 Å². The van der Waals surface area contributed by atoms with E-state index in [2.05, 4.69) is 9.88 Å². The van der Waals surface area contributed by atoms with E-state index in [-0.39, 0.29) is 11.2 Å². The van der Waals surface area contributed by atoms with Crippen LogP contribution in [0.15, 0.2) is 34.0 Å². The van der Waals surface area contributed by atoms with E-state index >= 15 is 0 Å². The van der Waals surface area contributed by atoms with Gasteiger partial charge in [0.15, 0.2) is 0 Å². The van der Waals surface area contributed by atoms with Gasteiger partial charge in [-0.1, -0.05) is 12.1 Å². The minimum atomic E-state index is -0.282. The number of methoxy groups -OCH3 is 1. The first-order valence-corrected chi connectivity index (χ1v) is 9.97. The first-order chi connectivity index (χ1) is 13.7. The molecule has 1 fully saturated rings. The van der Waals surface area contributed by atoms with E-state index < -0.39 is 0 Å². The second-order valence-corrected chi connectivity index (χ2v) is 7.26. The van der Waals surface area contributed by atoms with Gasteiger partial charge < -0.3 is 9.64 Å². The maximum Gasteiger partial charge on any atom is 0.331 e. The van der Waals surface area contributed by atoms with Crippen LogP contribution in [0.1, 0.15) is 26.2 Å². The molecule has 7 heteroatoms. The summed E-state index contributed by atoms with van der Waals surface area (Å²) < 4.78 is 8.48. The van der Waals surface area contributed by atoms with Crippen LogP contribution in [0.5, 0.6) is 5.75 Å². The van der Waals surface area contributed by atoms with Gasteiger partial charge in [0, 0.05) is 24.7 Å². The zero-order chi connectivity index (χ0) is 19.7. The molecule has 0 saturated carbocycles. The number of ether oxygens (including phenoxy) is 1. The summed E-state index contributed by atoms with van der Waals surface area (Å²) in [5, 5.41) is 1.25. The molecule has 0 aliphatic carbocycles. The summed E-state index contributed by atoms with van der Waals surface area (Å²) in [5.74, 6) is 0.634. The Kier molecular flexibility index (Phi) is 5.17. The van der Waals surface area contributed by atoms with Gasteiger partial charge in [0.25, 0.3) is 5.56 Å². The molecule has 0 atom stereocenters. The van der Waals surface area contributed by atoms with Gasteiger partial charge in [-0.15, -0.1) is 0 Å². The third kappa shape index (κ3) is 3.09. The highest BCUT2D eigenvalue weighted by Crippen LogP contribution is 2.28. The van der Waals surface area contributed by atoms with Crippen molar-refractivity contribution in [1.29, 1.82) is 0 Å². The molecule has 0 spiro atoms. The minimum Gasteiger partial charge on any atom is -0.494 e. The predicted molar refractivity (Wildman–Crippen MR) is 110 cm³/mol. The van der Waals surface area contributed by atoms with Crippen molar-refractivity contribution in [3.05, 3.63) is 45.2 Å². The molecule has 0 radical (unpaired) electrons.